The van der Waals surface area contributed by atoms with Gasteiger partial charge in [0.05, 0.1) is 15.7 Å². The Hall–Kier alpha value is -0.450. The van der Waals surface area contributed by atoms with Gasteiger partial charge in [-0.3, -0.25) is 0 Å². The zero-order valence-electron chi connectivity index (χ0n) is 9.71. The normalized spacial score (nSPS) is 10.9. The van der Waals surface area contributed by atoms with Gasteiger partial charge in [-0.25, -0.2) is 9.37 Å². The molecular formula is C13H11BrClFNS. The van der Waals surface area contributed by atoms with E-state index in [0.717, 1.165) is 28.2 Å². The van der Waals surface area contributed by atoms with Gasteiger partial charge in [-0.05, 0) is 24.1 Å². The van der Waals surface area contributed by atoms with Gasteiger partial charge in [0.1, 0.15) is 5.82 Å². The predicted molar refractivity (Wildman–Crippen MR) is 78.8 cm³/mol. The third-order valence-electron chi connectivity index (χ3n) is 2.47. The van der Waals surface area contributed by atoms with Gasteiger partial charge in [0.25, 0.3) is 0 Å². The number of alkyl halides is 1. The minimum absolute atomic E-state index is 0.324. The Labute approximate surface area is 123 Å². The van der Waals surface area contributed by atoms with E-state index in [2.05, 4.69) is 27.3 Å². The average Bonchev–Trinajstić information content (AvgIpc) is 2.76. The molecule has 0 saturated carbocycles. The molecule has 0 atom stereocenters. The van der Waals surface area contributed by atoms with Crippen LogP contribution < -0.4 is 0 Å². The molecule has 0 fully saturated rings. The second kappa shape index (κ2) is 6.13. The minimum Gasteiger partial charge on any atom is -0.241 e. The number of rotatable bonds is 4. The molecule has 1 aromatic carbocycles. The first-order chi connectivity index (χ1) is 8.65. The molecule has 0 bridgehead atoms. The summed E-state index contributed by atoms with van der Waals surface area (Å²) in [5, 5.41) is 3.95. The second-order valence-corrected chi connectivity index (χ2v) is 5.70. The highest BCUT2D eigenvalue weighted by Gasteiger charge is 2.14. The summed E-state index contributed by atoms with van der Waals surface area (Å²) in [4.78, 5) is 4.53. The van der Waals surface area contributed by atoms with E-state index in [0.29, 0.717) is 10.4 Å². The molecular weight excluding hydrogens is 337 g/mol. The lowest BCUT2D eigenvalue weighted by Crippen LogP contribution is -1.91. The maximum atomic E-state index is 13.3. The summed E-state index contributed by atoms with van der Waals surface area (Å²) in [7, 11) is 0. The van der Waals surface area contributed by atoms with E-state index in [1.807, 2.05) is 12.3 Å². The zero-order chi connectivity index (χ0) is 13.1. The predicted octanol–water partition coefficient (Wildman–Crippen LogP) is 5.26. The van der Waals surface area contributed by atoms with Crippen LogP contribution in [0, 0.1) is 12.2 Å². The van der Waals surface area contributed by atoms with Crippen LogP contribution in [0.15, 0.2) is 17.5 Å². The SMILES string of the molecule is C[CH]Cc1nc(-c2c(Cl)cc(F)cc2CBr)cs1. The molecule has 5 heteroatoms. The van der Waals surface area contributed by atoms with Crippen LogP contribution in [0.3, 0.4) is 0 Å². The quantitative estimate of drug-likeness (QED) is 0.687. The Bertz CT molecular complexity index is 556. The lowest BCUT2D eigenvalue weighted by molar-refractivity contribution is 0.627. The van der Waals surface area contributed by atoms with Crippen molar-refractivity contribution in [3.8, 4) is 11.3 Å². The highest BCUT2D eigenvalue weighted by molar-refractivity contribution is 9.08. The summed E-state index contributed by atoms with van der Waals surface area (Å²) in [6.07, 6.45) is 2.90. The van der Waals surface area contributed by atoms with Gasteiger partial charge < -0.3 is 0 Å². The summed E-state index contributed by atoms with van der Waals surface area (Å²) in [6.45, 7) is 2.00. The van der Waals surface area contributed by atoms with Gasteiger partial charge in [-0.15, -0.1) is 11.3 Å². The molecule has 0 N–H and O–H groups in total. The molecule has 0 unspecified atom stereocenters. The van der Waals surface area contributed by atoms with Gasteiger partial charge >= 0.3 is 0 Å². The minimum atomic E-state index is -0.324. The molecule has 0 amide bonds. The number of nitrogens with zero attached hydrogens (tertiary/aromatic N) is 1. The molecule has 18 heavy (non-hydrogen) atoms. The van der Waals surface area contributed by atoms with Crippen LogP contribution in [-0.4, -0.2) is 4.98 Å². The number of hydrogen-bond donors (Lipinski definition) is 0. The van der Waals surface area contributed by atoms with E-state index in [1.165, 1.54) is 12.1 Å². The molecule has 0 spiro atoms. The first-order valence-electron chi connectivity index (χ1n) is 5.42. The van der Waals surface area contributed by atoms with Crippen molar-refractivity contribution in [3.63, 3.8) is 0 Å². The molecule has 95 valence electrons. The van der Waals surface area contributed by atoms with Crippen molar-refractivity contribution in [2.45, 2.75) is 18.7 Å². The van der Waals surface area contributed by atoms with Crippen molar-refractivity contribution >= 4 is 38.9 Å². The Morgan fingerprint density at radius 3 is 2.94 bits per heavy atom. The Kier molecular flexibility index (Phi) is 4.76. The molecule has 1 aromatic heterocycles. The Morgan fingerprint density at radius 2 is 2.28 bits per heavy atom. The van der Waals surface area contributed by atoms with Gasteiger partial charge in [-0.2, -0.15) is 0 Å². The molecule has 2 rings (SSSR count). The van der Waals surface area contributed by atoms with Gasteiger partial charge in [-0.1, -0.05) is 34.5 Å². The molecule has 0 aliphatic heterocycles. The zero-order valence-corrected chi connectivity index (χ0v) is 12.9. The summed E-state index contributed by atoms with van der Waals surface area (Å²) in [5.74, 6) is -0.324. The average molecular weight is 348 g/mol. The van der Waals surface area contributed by atoms with Crippen molar-refractivity contribution in [2.75, 3.05) is 0 Å². The molecule has 1 nitrogen and oxygen atoms in total. The van der Waals surface area contributed by atoms with Gasteiger partial charge in [0.2, 0.25) is 0 Å². The van der Waals surface area contributed by atoms with E-state index in [-0.39, 0.29) is 5.82 Å². The first-order valence-corrected chi connectivity index (χ1v) is 7.80. The third kappa shape index (κ3) is 2.92. The van der Waals surface area contributed by atoms with Gasteiger partial charge in [0.15, 0.2) is 0 Å². The monoisotopic (exact) mass is 346 g/mol. The van der Waals surface area contributed by atoms with Crippen molar-refractivity contribution in [2.24, 2.45) is 0 Å². The number of aromatic nitrogens is 1. The smallest absolute Gasteiger partial charge is 0.125 e. The van der Waals surface area contributed by atoms with Crippen molar-refractivity contribution < 1.29 is 4.39 Å². The van der Waals surface area contributed by atoms with Crippen molar-refractivity contribution in [3.05, 3.63) is 45.3 Å². The summed E-state index contributed by atoms with van der Waals surface area (Å²) < 4.78 is 13.3. The molecule has 0 aliphatic rings. The molecule has 1 heterocycles. The lowest BCUT2D eigenvalue weighted by atomic mass is 10.1. The van der Waals surface area contributed by atoms with Crippen LogP contribution >= 0.6 is 38.9 Å². The fourth-order valence-electron chi connectivity index (χ4n) is 1.71. The molecule has 0 aliphatic carbocycles. The van der Waals surface area contributed by atoms with Crippen LogP contribution in [0.25, 0.3) is 11.3 Å². The summed E-state index contributed by atoms with van der Waals surface area (Å²) >= 11 is 11.1. The van der Waals surface area contributed by atoms with Crippen LogP contribution in [0.1, 0.15) is 17.5 Å². The summed E-state index contributed by atoms with van der Waals surface area (Å²) in [5.41, 5.74) is 2.45. The second-order valence-electron chi connectivity index (χ2n) is 3.79. The van der Waals surface area contributed by atoms with E-state index < -0.39 is 0 Å². The van der Waals surface area contributed by atoms with Crippen LogP contribution in [0.5, 0.6) is 0 Å². The van der Waals surface area contributed by atoms with Crippen LogP contribution in [-0.2, 0) is 11.8 Å². The van der Waals surface area contributed by atoms with E-state index >= 15 is 0 Å². The molecule has 2 aromatic rings. The fourth-order valence-corrected chi connectivity index (χ4v) is 3.31. The maximum Gasteiger partial charge on any atom is 0.125 e. The lowest BCUT2D eigenvalue weighted by Gasteiger charge is -2.07. The molecule has 0 saturated heterocycles. The molecule has 1 radical (unpaired) electrons. The number of benzene rings is 1. The fraction of sp³-hybridized carbons (Fsp3) is 0.231. The topological polar surface area (TPSA) is 12.9 Å². The Morgan fingerprint density at radius 1 is 1.50 bits per heavy atom. The first kappa shape index (κ1) is 14.0. The van der Waals surface area contributed by atoms with E-state index in [9.17, 15) is 4.39 Å². The largest absolute Gasteiger partial charge is 0.241 e. The van der Waals surface area contributed by atoms with Crippen molar-refractivity contribution in [1.82, 2.24) is 4.98 Å². The third-order valence-corrected chi connectivity index (χ3v) is 4.24. The Balaban J connectivity index is 2.48. The van der Waals surface area contributed by atoms with Crippen LogP contribution in [0.2, 0.25) is 5.02 Å². The van der Waals surface area contributed by atoms with E-state index in [1.54, 1.807) is 11.3 Å². The number of halogens is 3. The van der Waals surface area contributed by atoms with Gasteiger partial charge in [0, 0.05) is 22.7 Å². The van der Waals surface area contributed by atoms with E-state index in [4.69, 9.17) is 11.6 Å². The highest BCUT2D eigenvalue weighted by Crippen LogP contribution is 2.34. The highest BCUT2D eigenvalue weighted by atomic mass is 79.9. The number of hydrogen-bond acceptors (Lipinski definition) is 2. The number of thiazole rings is 1. The van der Waals surface area contributed by atoms with Crippen LogP contribution in [0.4, 0.5) is 4.39 Å². The maximum absolute atomic E-state index is 13.3. The summed E-state index contributed by atoms with van der Waals surface area (Å²) in [6, 6.07) is 2.81. The van der Waals surface area contributed by atoms with Crippen molar-refractivity contribution in [1.29, 1.82) is 0 Å². The standard InChI is InChI=1S/C13H11BrClFNS/c1-2-3-12-17-11(7-18-12)13-8(6-14)4-9(16)5-10(13)15/h2,4-5,7H,3,6H2,1H3.